The molecule has 0 bridgehead atoms. The first-order chi connectivity index (χ1) is 15.6. The Labute approximate surface area is 192 Å². The Morgan fingerprint density at radius 1 is 1.09 bits per heavy atom. The highest BCUT2D eigenvalue weighted by Crippen LogP contribution is 2.27. The van der Waals surface area contributed by atoms with E-state index >= 15 is 0 Å². The Balaban J connectivity index is 1.54. The van der Waals surface area contributed by atoms with Gasteiger partial charge in [0.25, 0.3) is 5.91 Å². The van der Waals surface area contributed by atoms with Crippen molar-refractivity contribution in [2.24, 2.45) is 10.8 Å². The molecule has 10 heteroatoms. The van der Waals surface area contributed by atoms with Crippen LogP contribution in [0.1, 0.15) is 11.6 Å². The van der Waals surface area contributed by atoms with Crippen molar-refractivity contribution in [2.45, 2.75) is 6.04 Å². The number of amides is 1. The molecule has 0 aliphatic carbocycles. The number of hydrogen-bond acceptors (Lipinski definition) is 9. The SMILES string of the molecule is COc1ccc(-c2csc(NC(=O)/C(=N/Nc3nccs3)C(N)c3ccccc3)n2)cc1. The fourth-order valence-electron chi connectivity index (χ4n) is 2.85. The van der Waals surface area contributed by atoms with Crippen LogP contribution in [0.3, 0.4) is 0 Å². The molecule has 0 spiro atoms. The number of aromatic nitrogens is 2. The summed E-state index contributed by atoms with van der Waals surface area (Å²) in [6, 6.07) is 16.1. The Morgan fingerprint density at radius 3 is 2.56 bits per heavy atom. The van der Waals surface area contributed by atoms with Crippen molar-refractivity contribution in [1.29, 1.82) is 0 Å². The van der Waals surface area contributed by atoms with Crippen LogP contribution in [0.2, 0.25) is 0 Å². The molecule has 2 aromatic heterocycles. The zero-order valence-corrected chi connectivity index (χ0v) is 18.7. The number of benzene rings is 2. The Hall–Kier alpha value is -3.60. The van der Waals surface area contributed by atoms with Crippen LogP contribution in [0.5, 0.6) is 5.75 Å². The molecule has 0 saturated carbocycles. The maximum absolute atomic E-state index is 13.1. The Kier molecular flexibility index (Phi) is 6.85. The van der Waals surface area contributed by atoms with Gasteiger partial charge in [0.15, 0.2) is 5.13 Å². The van der Waals surface area contributed by atoms with E-state index in [4.69, 9.17) is 10.5 Å². The number of hydrogen-bond donors (Lipinski definition) is 3. The summed E-state index contributed by atoms with van der Waals surface area (Å²) in [6.45, 7) is 0. The van der Waals surface area contributed by atoms with Crippen LogP contribution in [0.15, 0.2) is 76.7 Å². The molecule has 0 fully saturated rings. The normalized spacial score (nSPS) is 12.2. The van der Waals surface area contributed by atoms with Gasteiger partial charge in [0, 0.05) is 22.5 Å². The van der Waals surface area contributed by atoms with Crippen LogP contribution < -0.4 is 21.2 Å². The zero-order chi connectivity index (χ0) is 22.3. The van der Waals surface area contributed by atoms with Crippen molar-refractivity contribution < 1.29 is 9.53 Å². The molecule has 0 aliphatic rings. The fraction of sp³-hybridized carbons (Fsp3) is 0.0909. The van der Waals surface area contributed by atoms with Crippen LogP contribution in [-0.2, 0) is 4.79 Å². The molecule has 0 radical (unpaired) electrons. The average molecular weight is 465 g/mol. The van der Waals surface area contributed by atoms with Crippen LogP contribution >= 0.6 is 22.7 Å². The molecule has 1 unspecified atom stereocenters. The van der Waals surface area contributed by atoms with Crippen molar-refractivity contribution in [2.75, 3.05) is 17.9 Å². The number of nitrogens with zero attached hydrogens (tertiary/aromatic N) is 3. The third kappa shape index (κ3) is 5.17. The largest absolute Gasteiger partial charge is 0.497 e. The molecule has 4 rings (SSSR count). The van der Waals surface area contributed by atoms with Gasteiger partial charge in [0.2, 0.25) is 5.13 Å². The predicted octanol–water partition coefficient (Wildman–Crippen LogP) is 4.38. The minimum atomic E-state index is -0.732. The second kappa shape index (κ2) is 10.1. The van der Waals surface area contributed by atoms with Crippen LogP contribution in [0.25, 0.3) is 11.3 Å². The average Bonchev–Trinajstić information content (AvgIpc) is 3.52. The maximum Gasteiger partial charge on any atom is 0.275 e. The van der Waals surface area contributed by atoms with E-state index in [1.807, 2.05) is 65.4 Å². The van der Waals surface area contributed by atoms with Crippen molar-refractivity contribution in [3.8, 4) is 17.0 Å². The smallest absolute Gasteiger partial charge is 0.275 e. The van der Waals surface area contributed by atoms with Crippen LogP contribution in [0.4, 0.5) is 10.3 Å². The summed E-state index contributed by atoms with van der Waals surface area (Å²) in [6.07, 6.45) is 1.65. The molecule has 2 aromatic carbocycles. The molecular formula is C22H20N6O2S2. The van der Waals surface area contributed by atoms with Gasteiger partial charge in [-0.15, -0.1) is 22.7 Å². The second-order valence-electron chi connectivity index (χ2n) is 6.55. The zero-order valence-electron chi connectivity index (χ0n) is 17.1. The van der Waals surface area contributed by atoms with E-state index in [2.05, 4.69) is 25.8 Å². The van der Waals surface area contributed by atoms with Gasteiger partial charge in [-0.25, -0.2) is 9.97 Å². The van der Waals surface area contributed by atoms with Crippen molar-refractivity contribution in [3.63, 3.8) is 0 Å². The van der Waals surface area contributed by atoms with Crippen molar-refractivity contribution in [1.82, 2.24) is 9.97 Å². The first-order valence-corrected chi connectivity index (χ1v) is 11.3. The number of rotatable bonds is 8. The standard InChI is InChI=1S/C22H20N6O2S2/c1-30-16-9-7-14(8-10-16)17-13-32-22(25-17)26-20(29)19(27-28-21-24-11-12-31-21)18(23)15-5-3-2-4-6-15/h2-13,18H,23H2,1H3,(H,24,28)(H,25,26,29)/b27-19+. The Bertz CT molecular complexity index is 1190. The minimum Gasteiger partial charge on any atom is -0.497 e. The highest BCUT2D eigenvalue weighted by atomic mass is 32.1. The summed E-state index contributed by atoms with van der Waals surface area (Å²) in [7, 11) is 1.62. The Morgan fingerprint density at radius 2 is 1.88 bits per heavy atom. The van der Waals surface area contributed by atoms with Crippen LogP contribution in [0, 0.1) is 0 Å². The summed E-state index contributed by atoms with van der Waals surface area (Å²) in [5, 5.41) is 11.8. The lowest BCUT2D eigenvalue weighted by Gasteiger charge is -2.14. The number of hydrazone groups is 1. The van der Waals surface area contributed by atoms with Gasteiger partial charge in [0.05, 0.1) is 18.8 Å². The molecule has 0 saturated heterocycles. The number of carbonyl (C=O) groups is 1. The van der Waals surface area contributed by atoms with Gasteiger partial charge in [-0.2, -0.15) is 5.10 Å². The molecule has 1 amide bonds. The monoisotopic (exact) mass is 464 g/mol. The summed E-state index contributed by atoms with van der Waals surface area (Å²) in [4.78, 5) is 21.7. The van der Waals surface area contributed by atoms with E-state index in [0.29, 0.717) is 10.3 Å². The molecule has 162 valence electrons. The minimum absolute atomic E-state index is 0.118. The first-order valence-electron chi connectivity index (χ1n) is 9.59. The van der Waals surface area contributed by atoms with Gasteiger partial charge in [-0.1, -0.05) is 30.3 Å². The van der Waals surface area contributed by atoms with Gasteiger partial charge < -0.3 is 10.5 Å². The molecule has 0 aliphatic heterocycles. The van der Waals surface area contributed by atoms with E-state index in [1.165, 1.54) is 22.7 Å². The van der Waals surface area contributed by atoms with Crippen molar-refractivity contribution in [3.05, 3.63) is 77.1 Å². The van der Waals surface area contributed by atoms with E-state index < -0.39 is 11.9 Å². The lowest BCUT2D eigenvalue weighted by Crippen LogP contribution is -2.34. The number of ether oxygens (including phenoxy) is 1. The third-order valence-electron chi connectivity index (χ3n) is 4.50. The van der Waals surface area contributed by atoms with Gasteiger partial charge >= 0.3 is 0 Å². The summed E-state index contributed by atoms with van der Waals surface area (Å²) in [5.41, 5.74) is 11.7. The molecule has 2 heterocycles. The second-order valence-corrected chi connectivity index (χ2v) is 8.31. The first kappa shape index (κ1) is 21.6. The number of thiazole rings is 2. The molecule has 1 atom stereocenters. The summed E-state index contributed by atoms with van der Waals surface area (Å²) < 4.78 is 5.19. The quantitative estimate of drug-likeness (QED) is 0.263. The van der Waals surface area contributed by atoms with E-state index in [9.17, 15) is 4.79 Å². The predicted molar refractivity (Wildman–Crippen MR) is 129 cm³/mol. The molecular weight excluding hydrogens is 444 g/mol. The molecule has 4 N–H and O–H groups in total. The lowest BCUT2D eigenvalue weighted by molar-refractivity contribution is -0.110. The number of nitrogens with one attached hydrogen (secondary N) is 2. The van der Waals surface area contributed by atoms with Crippen LogP contribution in [-0.4, -0.2) is 28.7 Å². The summed E-state index contributed by atoms with van der Waals surface area (Å²) in [5.74, 6) is 0.321. The lowest BCUT2D eigenvalue weighted by atomic mass is 10.0. The molecule has 8 nitrogen and oxygen atoms in total. The highest BCUT2D eigenvalue weighted by Gasteiger charge is 2.23. The molecule has 4 aromatic rings. The van der Waals surface area contributed by atoms with E-state index in [0.717, 1.165) is 22.6 Å². The summed E-state index contributed by atoms with van der Waals surface area (Å²) >= 11 is 2.69. The van der Waals surface area contributed by atoms with E-state index in [1.54, 1.807) is 13.3 Å². The number of anilines is 2. The molecule has 32 heavy (non-hydrogen) atoms. The van der Waals surface area contributed by atoms with Crippen molar-refractivity contribution >= 4 is 44.6 Å². The van der Waals surface area contributed by atoms with E-state index in [-0.39, 0.29) is 5.71 Å². The maximum atomic E-state index is 13.1. The fourth-order valence-corrected chi connectivity index (χ4v) is 4.04. The number of methoxy groups -OCH3 is 1. The van der Waals surface area contributed by atoms with Gasteiger partial charge in [-0.05, 0) is 29.8 Å². The number of carbonyl (C=O) groups excluding carboxylic acids is 1. The third-order valence-corrected chi connectivity index (χ3v) is 5.94. The van der Waals surface area contributed by atoms with Gasteiger partial charge in [0.1, 0.15) is 11.5 Å². The van der Waals surface area contributed by atoms with Gasteiger partial charge in [-0.3, -0.25) is 15.5 Å². The topological polar surface area (TPSA) is 115 Å². The highest BCUT2D eigenvalue weighted by molar-refractivity contribution is 7.14. The number of nitrogens with two attached hydrogens (primary N) is 1.